The number of carbonyl (C=O) groups excluding carboxylic acids is 1. The van der Waals surface area contributed by atoms with E-state index in [1.807, 2.05) is 6.92 Å². The van der Waals surface area contributed by atoms with Crippen LogP contribution in [0, 0.1) is 6.92 Å². The Kier molecular flexibility index (Phi) is 3.25. The first-order valence-corrected chi connectivity index (χ1v) is 6.31. The summed E-state index contributed by atoms with van der Waals surface area (Å²) >= 11 is 1.50. The van der Waals surface area contributed by atoms with Crippen molar-refractivity contribution in [1.29, 1.82) is 0 Å². The van der Waals surface area contributed by atoms with E-state index in [0.29, 0.717) is 6.04 Å². The van der Waals surface area contributed by atoms with E-state index in [4.69, 9.17) is 0 Å². The summed E-state index contributed by atoms with van der Waals surface area (Å²) in [5.41, 5.74) is 0.848. The van der Waals surface area contributed by atoms with Crippen molar-refractivity contribution in [3.63, 3.8) is 0 Å². The van der Waals surface area contributed by atoms with E-state index in [2.05, 4.69) is 28.8 Å². The molecule has 0 bridgehead atoms. The normalized spacial score (nSPS) is 22.4. The Hall–Kier alpha value is -0.940. The quantitative estimate of drug-likeness (QED) is 0.731. The third kappa shape index (κ3) is 2.10. The molecule has 4 nitrogen and oxygen atoms in total. The van der Waals surface area contributed by atoms with Gasteiger partial charge in [-0.05, 0) is 20.9 Å². The number of hydrogen-bond donors (Lipinski definition) is 0. The first kappa shape index (κ1) is 11.5. The fraction of sp³-hybridized carbons (Fsp3) is 0.636. The molecule has 0 amide bonds. The Bertz CT molecular complexity index is 391. The van der Waals surface area contributed by atoms with Gasteiger partial charge in [-0.1, -0.05) is 11.3 Å². The average molecular weight is 239 g/mol. The second-order valence-electron chi connectivity index (χ2n) is 4.37. The second-order valence-corrected chi connectivity index (χ2v) is 5.38. The van der Waals surface area contributed by atoms with E-state index in [9.17, 15) is 4.79 Å². The van der Waals surface area contributed by atoms with E-state index in [0.717, 1.165) is 41.6 Å². The Morgan fingerprint density at radius 3 is 2.81 bits per heavy atom. The molecule has 2 rings (SSSR count). The molecule has 5 heteroatoms. The summed E-state index contributed by atoms with van der Waals surface area (Å²) in [7, 11) is 2.14. The van der Waals surface area contributed by atoms with Gasteiger partial charge in [-0.3, -0.25) is 4.79 Å². The average Bonchev–Trinajstić information content (AvgIpc) is 2.59. The maximum absolute atomic E-state index is 10.8. The van der Waals surface area contributed by atoms with E-state index < -0.39 is 0 Å². The zero-order chi connectivity index (χ0) is 11.7. The lowest BCUT2D eigenvalue weighted by Gasteiger charge is -2.38. The number of anilines is 1. The maximum Gasteiger partial charge on any atom is 0.186 e. The summed E-state index contributed by atoms with van der Waals surface area (Å²) in [6, 6.07) is 0.462. The van der Waals surface area contributed by atoms with Crippen LogP contribution in [-0.2, 0) is 0 Å². The molecule has 1 saturated heterocycles. The van der Waals surface area contributed by atoms with Gasteiger partial charge >= 0.3 is 0 Å². The van der Waals surface area contributed by atoms with Crippen molar-refractivity contribution in [3.8, 4) is 0 Å². The predicted octanol–water partition coefficient (Wildman–Crippen LogP) is 1.40. The molecule has 0 aromatic carbocycles. The number of hydrogen-bond acceptors (Lipinski definition) is 5. The lowest BCUT2D eigenvalue weighted by Crippen LogP contribution is -2.50. The molecule has 0 N–H and O–H groups in total. The number of rotatable bonds is 2. The highest BCUT2D eigenvalue weighted by Gasteiger charge is 2.24. The minimum atomic E-state index is 0.462. The first-order valence-electron chi connectivity index (χ1n) is 5.49. The molecule has 1 aromatic heterocycles. The van der Waals surface area contributed by atoms with Gasteiger partial charge in [0, 0.05) is 25.7 Å². The van der Waals surface area contributed by atoms with Gasteiger partial charge in [-0.15, -0.1) is 0 Å². The molecular formula is C11H17N3OS. The number of aryl methyl sites for hydroxylation is 1. The van der Waals surface area contributed by atoms with E-state index >= 15 is 0 Å². The Morgan fingerprint density at radius 2 is 2.25 bits per heavy atom. The number of aromatic nitrogens is 1. The van der Waals surface area contributed by atoms with Crippen LogP contribution in [0.15, 0.2) is 0 Å². The van der Waals surface area contributed by atoms with Gasteiger partial charge in [0.05, 0.1) is 10.6 Å². The van der Waals surface area contributed by atoms with E-state index in [-0.39, 0.29) is 0 Å². The Labute approximate surface area is 99.9 Å². The van der Waals surface area contributed by atoms with E-state index in [1.165, 1.54) is 11.3 Å². The molecule has 1 aliphatic heterocycles. The van der Waals surface area contributed by atoms with Crippen molar-refractivity contribution >= 4 is 22.8 Å². The van der Waals surface area contributed by atoms with Crippen LogP contribution >= 0.6 is 11.3 Å². The van der Waals surface area contributed by atoms with Crippen LogP contribution in [0.1, 0.15) is 22.3 Å². The molecule has 1 fully saturated rings. The van der Waals surface area contributed by atoms with Crippen LogP contribution < -0.4 is 4.90 Å². The van der Waals surface area contributed by atoms with Crippen LogP contribution in [0.3, 0.4) is 0 Å². The largest absolute Gasteiger partial charge is 0.343 e. The molecule has 1 aliphatic rings. The van der Waals surface area contributed by atoms with Crippen molar-refractivity contribution in [2.45, 2.75) is 19.9 Å². The second kappa shape index (κ2) is 4.51. The highest BCUT2D eigenvalue weighted by Crippen LogP contribution is 2.27. The molecule has 1 unspecified atom stereocenters. The minimum Gasteiger partial charge on any atom is -0.343 e. The number of thiazole rings is 1. The number of nitrogens with zero attached hydrogens (tertiary/aromatic N) is 3. The highest BCUT2D eigenvalue weighted by atomic mass is 32.1. The van der Waals surface area contributed by atoms with Crippen LogP contribution in [0.2, 0.25) is 0 Å². The summed E-state index contributed by atoms with van der Waals surface area (Å²) in [4.78, 5) is 20.6. The minimum absolute atomic E-state index is 0.462. The summed E-state index contributed by atoms with van der Waals surface area (Å²) < 4.78 is 0. The third-order valence-corrected chi connectivity index (χ3v) is 4.12. The lowest BCUT2D eigenvalue weighted by molar-refractivity contribution is 0.112. The molecule has 0 radical (unpaired) electrons. The SMILES string of the molecule is Cc1nc(N2CCN(C)CC2C)sc1C=O. The third-order valence-electron chi connectivity index (χ3n) is 3.00. The molecule has 0 aliphatic carbocycles. The Morgan fingerprint density at radius 1 is 1.50 bits per heavy atom. The summed E-state index contributed by atoms with van der Waals surface area (Å²) in [6.07, 6.45) is 0.900. The molecule has 88 valence electrons. The van der Waals surface area contributed by atoms with E-state index in [1.54, 1.807) is 0 Å². The zero-order valence-electron chi connectivity index (χ0n) is 9.93. The number of carbonyl (C=O) groups is 1. The van der Waals surface area contributed by atoms with Crippen molar-refractivity contribution in [3.05, 3.63) is 10.6 Å². The molecule has 2 heterocycles. The van der Waals surface area contributed by atoms with Crippen LogP contribution in [0.4, 0.5) is 5.13 Å². The maximum atomic E-state index is 10.8. The number of likely N-dealkylation sites (N-methyl/N-ethyl adjacent to an activating group) is 1. The summed E-state index contributed by atoms with van der Waals surface area (Å²) in [6.45, 7) is 7.19. The molecule has 1 aromatic rings. The van der Waals surface area contributed by atoms with Crippen molar-refractivity contribution in [2.24, 2.45) is 0 Å². The van der Waals surface area contributed by atoms with Crippen molar-refractivity contribution < 1.29 is 4.79 Å². The zero-order valence-corrected chi connectivity index (χ0v) is 10.8. The molecule has 0 spiro atoms. The summed E-state index contributed by atoms with van der Waals surface area (Å²) in [5.74, 6) is 0. The predicted molar refractivity (Wildman–Crippen MR) is 66.5 cm³/mol. The van der Waals surface area contributed by atoms with Crippen molar-refractivity contribution in [1.82, 2.24) is 9.88 Å². The van der Waals surface area contributed by atoms with Crippen LogP contribution in [-0.4, -0.2) is 48.9 Å². The topological polar surface area (TPSA) is 36.4 Å². The van der Waals surface area contributed by atoms with Gasteiger partial charge in [-0.25, -0.2) is 4.98 Å². The molecule has 16 heavy (non-hydrogen) atoms. The fourth-order valence-electron chi connectivity index (χ4n) is 2.05. The highest BCUT2D eigenvalue weighted by molar-refractivity contribution is 7.17. The van der Waals surface area contributed by atoms with Gasteiger partial charge in [0.15, 0.2) is 11.4 Å². The van der Waals surface area contributed by atoms with Crippen LogP contribution in [0.25, 0.3) is 0 Å². The Balaban J connectivity index is 2.20. The van der Waals surface area contributed by atoms with Gasteiger partial charge in [0.1, 0.15) is 0 Å². The summed E-state index contributed by atoms with van der Waals surface area (Å²) in [5, 5.41) is 0.986. The monoisotopic (exact) mass is 239 g/mol. The van der Waals surface area contributed by atoms with Gasteiger partial charge in [0.2, 0.25) is 0 Å². The van der Waals surface area contributed by atoms with Gasteiger partial charge in [0.25, 0.3) is 0 Å². The first-order chi connectivity index (χ1) is 7.61. The van der Waals surface area contributed by atoms with Gasteiger partial charge < -0.3 is 9.80 Å². The number of piperazine rings is 1. The molecule has 0 saturated carbocycles. The van der Waals surface area contributed by atoms with Crippen molar-refractivity contribution in [2.75, 3.05) is 31.6 Å². The van der Waals surface area contributed by atoms with Gasteiger partial charge in [-0.2, -0.15) is 0 Å². The lowest BCUT2D eigenvalue weighted by atomic mass is 10.2. The molecule has 1 atom stereocenters. The number of aldehydes is 1. The standard InChI is InChI=1S/C11H17N3OS/c1-8-6-13(3)4-5-14(8)11-12-9(2)10(7-15)16-11/h7-8H,4-6H2,1-3H3. The fourth-order valence-corrected chi connectivity index (χ4v) is 3.06. The van der Waals surface area contributed by atoms with Crippen LogP contribution in [0.5, 0.6) is 0 Å². The smallest absolute Gasteiger partial charge is 0.186 e. The molecular weight excluding hydrogens is 222 g/mol.